The molecule has 0 fully saturated rings. The van der Waals surface area contributed by atoms with Crippen LogP contribution in [-0.4, -0.2) is 33.7 Å². The van der Waals surface area contributed by atoms with Crippen molar-refractivity contribution in [1.82, 2.24) is 15.5 Å². The first-order valence-corrected chi connectivity index (χ1v) is 4.62. The molecule has 15 heavy (non-hydrogen) atoms. The molecule has 6 heteroatoms. The summed E-state index contributed by atoms with van der Waals surface area (Å²) in [6.45, 7) is 0. The van der Waals surface area contributed by atoms with Crippen molar-refractivity contribution in [3.63, 3.8) is 0 Å². The Morgan fingerprint density at radius 2 is 2.53 bits per heavy atom. The van der Waals surface area contributed by atoms with E-state index < -0.39 is 5.97 Å². The second-order valence-corrected chi connectivity index (χ2v) is 3.20. The number of hydrogen-bond donors (Lipinski definition) is 3. The fourth-order valence-corrected chi connectivity index (χ4v) is 1.30. The van der Waals surface area contributed by atoms with E-state index >= 15 is 0 Å². The minimum Gasteiger partial charge on any atom is -0.481 e. The monoisotopic (exact) mass is 211 g/mol. The second kappa shape index (κ2) is 5.79. The zero-order chi connectivity index (χ0) is 11.1. The largest absolute Gasteiger partial charge is 0.481 e. The SMILES string of the molecule is O=CNC(CCC(=O)O)Cc1ccn[nH]1. The summed E-state index contributed by atoms with van der Waals surface area (Å²) in [6.07, 6.45) is 3.21. The third kappa shape index (κ3) is 4.26. The van der Waals surface area contributed by atoms with Gasteiger partial charge in [0.25, 0.3) is 0 Å². The number of nitrogens with zero attached hydrogens (tertiary/aromatic N) is 1. The molecule has 0 radical (unpaired) electrons. The van der Waals surface area contributed by atoms with Crippen LogP contribution in [0.25, 0.3) is 0 Å². The van der Waals surface area contributed by atoms with Crippen molar-refractivity contribution in [3.05, 3.63) is 18.0 Å². The first-order valence-electron chi connectivity index (χ1n) is 4.62. The summed E-state index contributed by atoms with van der Waals surface area (Å²) in [7, 11) is 0. The summed E-state index contributed by atoms with van der Waals surface area (Å²) in [5.74, 6) is -0.864. The summed E-state index contributed by atoms with van der Waals surface area (Å²) in [5, 5.41) is 17.6. The smallest absolute Gasteiger partial charge is 0.303 e. The predicted octanol–water partition coefficient (Wildman–Crippen LogP) is -0.0684. The van der Waals surface area contributed by atoms with Gasteiger partial charge in [0.15, 0.2) is 0 Å². The van der Waals surface area contributed by atoms with Gasteiger partial charge in [0.2, 0.25) is 6.41 Å². The van der Waals surface area contributed by atoms with Gasteiger partial charge in [0, 0.05) is 30.8 Å². The van der Waals surface area contributed by atoms with Gasteiger partial charge in [0.05, 0.1) is 0 Å². The molecule has 1 rings (SSSR count). The molecule has 1 aromatic heterocycles. The van der Waals surface area contributed by atoms with E-state index in [1.807, 2.05) is 0 Å². The number of carboxylic acid groups (broad SMARTS) is 1. The molecule has 0 saturated heterocycles. The normalized spacial score (nSPS) is 12.0. The topological polar surface area (TPSA) is 95.1 Å². The number of rotatable bonds is 7. The Hall–Kier alpha value is -1.85. The first-order chi connectivity index (χ1) is 7.22. The van der Waals surface area contributed by atoms with E-state index in [2.05, 4.69) is 15.5 Å². The summed E-state index contributed by atoms with van der Waals surface area (Å²) in [5.41, 5.74) is 0.875. The van der Waals surface area contributed by atoms with Gasteiger partial charge < -0.3 is 10.4 Å². The van der Waals surface area contributed by atoms with Crippen molar-refractivity contribution < 1.29 is 14.7 Å². The maximum atomic E-state index is 10.4. The van der Waals surface area contributed by atoms with Gasteiger partial charge in [-0.25, -0.2) is 0 Å². The average Bonchev–Trinajstić information content (AvgIpc) is 2.67. The molecule has 0 spiro atoms. The number of carboxylic acids is 1. The van der Waals surface area contributed by atoms with E-state index in [-0.39, 0.29) is 12.5 Å². The summed E-state index contributed by atoms with van der Waals surface area (Å²) in [6, 6.07) is 1.62. The Kier molecular flexibility index (Phi) is 4.33. The Morgan fingerprint density at radius 1 is 1.73 bits per heavy atom. The van der Waals surface area contributed by atoms with Crippen LogP contribution >= 0.6 is 0 Å². The third-order valence-corrected chi connectivity index (χ3v) is 2.04. The summed E-state index contributed by atoms with van der Waals surface area (Å²) in [4.78, 5) is 20.7. The molecule has 1 heterocycles. The van der Waals surface area contributed by atoms with Gasteiger partial charge in [-0.3, -0.25) is 14.7 Å². The van der Waals surface area contributed by atoms with Gasteiger partial charge >= 0.3 is 5.97 Å². The van der Waals surface area contributed by atoms with Crippen LogP contribution in [0.5, 0.6) is 0 Å². The average molecular weight is 211 g/mol. The molecule has 0 aliphatic rings. The van der Waals surface area contributed by atoms with E-state index in [1.54, 1.807) is 12.3 Å². The van der Waals surface area contributed by atoms with Crippen molar-refractivity contribution in [1.29, 1.82) is 0 Å². The molecule has 0 aliphatic heterocycles. The molecule has 0 saturated carbocycles. The van der Waals surface area contributed by atoms with Crippen LogP contribution in [0.1, 0.15) is 18.5 Å². The molecule has 6 nitrogen and oxygen atoms in total. The van der Waals surface area contributed by atoms with Crippen LogP contribution in [0.4, 0.5) is 0 Å². The Morgan fingerprint density at radius 3 is 3.07 bits per heavy atom. The molecule has 1 atom stereocenters. The number of hydrogen-bond acceptors (Lipinski definition) is 3. The van der Waals surface area contributed by atoms with Gasteiger partial charge in [0.1, 0.15) is 0 Å². The van der Waals surface area contributed by atoms with Crippen LogP contribution in [-0.2, 0) is 16.0 Å². The number of aromatic nitrogens is 2. The van der Waals surface area contributed by atoms with Crippen LogP contribution in [0.2, 0.25) is 0 Å². The molecular weight excluding hydrogens is 198 g/mol. The lowest BCUT2D eigenvalue weighted by molar-refractivity contribution is -0.137. The highest BCUT2D eigenvalue weighted by molar-refractivity contribution is 5.66. The van der Waals surface area contributed by atoms with Crippen molar-refractivity contribution in [3.8, 4) is 0 Å². The molecule has 1 amide bonds. The minimum absolute atomic E-state index is 0.0413. The molecule has 1 unspecified atom stereocenters. The number of carbonyl (C=O) groups excluding carboxylic acids is 1. The molecule has 0 aliphatic carbocycles. The highest BCUT2D eigenvalue weighted by Gasteiger charge is 2.11. The van der Waals surface area contributed by atoms with E-state index in [0.29, 0.717) is 19.3 Å². The number of carbonyl (C=O) groups is 2. The fraction of sp³-hybridized carbons (Fsp3) is 0.444. The number of nitrogens with one attached hydrogen (secondary N) is 2. The molecule has 0 bridgehead atoms. The first kappa shape index (κ1) is 11.2. The highest BCUT2D eigenvalue weighted by Crippen LogP contribution is 2.04. The zero-order valence-corrected chi connectivity index (χ0v) is 8.14. The van der Waals surface area contributed by atoms with Gasteiger partial charge in [-0.15, -0.1) is 0 Å². The van der Waals surface area contributed by atoms with Crippen molar-refractivity contribution in [2.24, 2.45) is 0 Å². The number of aromatic amines is 1. The van der Waals surface area contributed by atoms with Crippen molar-refractivity contribution in [2.75, 3.05) is 0 Å². The highest BCUT2D eigenvalue weighted by atomic mass is 16.4. The summed E-state index contributed by atoms with van der Waals surface area (Å²) < 4.78 is 0. The maximum Gasteiger partial charge on any atom is 0.303 e. The van der Waals surface area contributed by atoms with E-state index in [4.69, 9.17) is 5.11 Å². The van der Waals surface area contributed by atoms with E-state index in [0.717, 1.165) is 5.69 Å². The maximum absolute atomic E-state index is 10.4. The lowest BCUT2D eigenvalue weighted by atomic mass is 10.1. The Balaban J connectivity index is 2.42. The molecule has 82 valence electrons. The van der Waals surface area contributed by atoms with Crippen molar-refractivity contribution >= 4 is 12.4 Å². The Labute approximate surface area is 86.7 Å². The lowest BCUT2D eigenvalue weighted by Crippen LogP contribution is -2.30. The summed E-state index contributed by atoms with van der Waals surface area (Å²) >= 11 is 0. The number of H-pyrrole nitrogens is 1. The van der Waals surface area contributed by atoms with E-state index in [1.165, 1.54) is 0 Å². The van der Waals surface area contributed by atoms with Crippen LogP contribution in [0, 0.1) is 0 Å². The standard InChI is InChI=1S/C9H13N3O3/c13-6-10-7(1-2-9(14)15)5-8-3-4-11-12-8/h3-4,6-7H,1-2,5H2,(H,10,13)(H,11,12)(H,14,15). The second-order valence-electron chi connectivity index (χ2n) is 3.20. The lowest BCUT2D eigenvalue weighted by Gasteiger charge is -2.13. The molecule has 1 aromatic rings. The molecular formula is C9H13N3O3. The van der Waals surface area contributed by atoms with Crippen LogP contribution in [0.15, 0.2) is 12.3 Å². The van der Waals surface area contributed by atoms with Crippen LogP contribution < -0.4 is 5.32 Å². The minimum atomic E-state index is -0.864. The molecule has 3 N–H and O–H groups in total. The molecule has 0 aromatic carbocycles. The Bertz CT molecular complexity index is 310. The third-order valence-electron chi connectivity index (χ3n) is 2.04. The van der Waals surface area contributed by atoms with Crippen LogP contribution in [0.3, 0.4) is 0 Å². The van der Waals surface area contributed by atoms with Gasteiger partial charge in [-0.05, 0) is 12.5 Å². The van der Waals surface area contributed by atoms with Gasteiger partial charge in [-0.1, -0.05) is 0 Å². The zero-order valence-electron chi connectivity index (χ0n) is 8.14. The number of amides is 1. The van der Waals surface area contributed by atoms with Gasteiger partial charge in [-0.2, -0.15) is 5.10 Å². The predicted molar refractivity (Wildman–Crippen MR) is 52.1 cm³/mol. The quantitative estimate of drug-likeness (QED) is 0.550. The fourth-order valence-electron chi connectivity index (χ4n) is 1.30. The van der Waals surface area contributed by atoms with E-state index in [9.17, 15) is 9.59 Å². The number of aliphatic carboxylic acids is 1. The van der Waals surface area contributed by atoms with Crippen molar-refractivity contribution in [2.45, 2.75) is 25.3 Å².